The second-order valence-electron chi connectivity index (χ2n) is 5.96. The third-order valence-corrected chi connectivity index (χ3v) is 5.17. The van der Waals surface area contributed by atoms with Gasteiger partial charge >= 0.3 is 0 Å². The van der Waals surface area contributed by atoms with Crippen LogP contribution in [-0.4, -0.2) is 25.5 Å². The quantitative estimate of drug-likeness (QED) is 0.775. The van der Waals surface area contributed by atoms with E-state index in [1.165, 1.54) is 4.68 Å². The van der Waals surface area contributed by atoms with Gasteiger partial charge in [-0.15, -0.1) is 0 Å². The second-order valence-corrected chi connectivity index (χ2v) is 6.75. The summed E-state index contributed by atoms with van der Waals surface area (Å²) < 4.78 is 29.3. The molecule has 0 radical (unpaired) electrons. The van der Waals surface area contributed by atoms with E-state index in [9.17, 15) is 13.6 Å². The maximum atomic E-state index is 13.0. The second kappa shape index (κ2) is 7.63. The van der Waals surface area contributed by atoms with E-state index in [-0.39, 0.29) is 22.1 Å². The molecule has 2 rings (SSSR count). The van der Waals surface area contributed by atoms with Crippen LogP contribution < -0.4 is 5.32 Å². The van der Waals surface area contributed by atoms with Gasteiger partial charge in [0.2, 0.25) is 5.91 Å². The molecule has 0 fully saturated rings. The van der Waals surface area contributed by atoms with Gasteiger partial charge in [-0.3, -0.25) is 14.2 Å². The minimum absolute atomic E-state index is 0.232. The number of rotatable bonds is 6. The van der Waals surface area contributed by atoms with Crippen LogP contribution in [0.3, 0.4) is 0 Å². The van der Waals surface area contributed by atoms with Crippen molar-refractivity contribution >= 4 is 21.8 Å². The van der Waals surface area contributed by atoms with Crippen LogP contribution in [0.15, 0.2) is 10.7 Å². The van der Waals surface area contributed by atoms with E-state index in [1.54, 1.807) is 18.5 Å². The summed E-state index contributed by atoms with van der Waals surface area (Å²) in [6.45, 7) is 9.76. The number of nitrogens with one attached hydrogen (secondary N) is 1. The van der Waals surface area contributed by atoms with Crippen molar-refractivity contribution in [2.24, 2.45) is 0 Å². The Morgan fingerprint density at radius 2 is 1.96 bits per heavy atom. The van der Waals surface area contributed by atoms with Crippen molar-refractivity contribution in [2.75, 3.05) is 0 Å². The molecule has 2 aromatic heterocycles. The largest absolute Gasteiger partial charge is 0.348 e. The van der Waals surface area contributed by atoms with Crippen molar-refractivity contribution in [3.05, 3.63) is 33.3 Å². The molecule has 0 aliphatic carbocycles. The number of hydrogen-bond donors (Lipinski definition) is 1. The zero-order valence-corrected chi connectivity index (χ0v) is 16.4. The van der Waals surface area contributed by atoms with Gasteiger partial charge in [-0.25, -0.2) is 8.78 Å². The Balaban J connectivity index is 2.17. The highest BCUT2D eigenvalue weighted by atomic mass is 79.9. The SMILES string of the molecule is CCn1cc([C@H](C)NC(=O)[C@H](C)n2nc(C(F)F)c(Br)c2C)c(C)n1. The van der Waals surface area contributed by atoms with Crippen LogP contribution in [0.4, 0.5) is 8.78 Å². The molecular weight excluding hydrogens is 396 g/mol. The first kappa shape index (κ1) is 19.6. The molecule has 0 aromatic carbocycles. The van der Waals surface area contributed by atoms with Gasteiger partial charge in [0.05, 0.1) is 21.9 Å². The molecule has 25 heavy (non-hydrogen) atoms. The van der Waals surface area contributed by atoms with Gasteiger partial charge < -0.3 is 5.32 Å². The van der Waals surface area contributed by atoms with E-state index in [0.29, 0.717) is 5.69 Å². The summed E-state index contributed by atoms with van der Waals surface area (Å²) in [6.07, 6.45) is -0.804. The summed E-state index contributed by atoms with van der Waals surface area (Å²) in [7, 11) is 0. The normalized spacial score (nSPS) is 14.0. The van der Waals surface area contributed by atoms with Crippen LogP contribution in [0.5, 0.6) is 0 Å². The van der Waals surface area contributed by atoms with Crippen molar-refractivity contribution < 1.29 is 13.6 Å². The lowest BCUT2D eigenvalue weighted by atomic mass is 10.1. The van der Waals surface area contributed by atoms with E-state index < -0.39 is 12.5 Å². The highest BCUT2D eigenvalue weighted by molar-refractivity contribution is 9.10. The van der Waals surface area contributed by atoms with Gasteiger partial charge in [-0.2, -0.15) is 10.2 Å². The Morgan fingerprint density at radius 3 is 2.44 bits per heavy atom. The fraction of sp³-hybridized carbons (Fsp3) is 0.562. The van der Waals surface area contributed by atoms with Gasteiger partial charge in [0.25, 0.3) is 6.43 Å². The monoisotopic (exact) mass is 417 g/mol. The van der Waals surface area contributed by atoms with E-state index >= 15 is 0 Å². The first-order chi connectivity index (χ1) is 11.7. The smallest absolute Gasteiger partial charge is 0.283 e. The Morgan fingerprint density at radius 1 is 1.32 bits per heavy atom. The third kappa shape index (κ3) is 3.91. The van der Waals surface area contributed by atoms with Crippen molar-refractivity contribution in [2.45, 2.75) is 59.7 Å². The molecule has 138 valence electrons. The molecule has 0 bridgehead atoms. The summed E-state index contributed by atoms with van der Waals surface area (Å²) in [5.74, 6) is -0.296. The molecule has 6 nitrogen and oxygen atoms in total. The van der Waals surface area contributed by atoms with Crippen molar-refractivity contribution in [3.8, 4) is 0 Å². The molecule has 2 atom stereocenters. The topological polar surface area (TPSA) is 64.7 Å². The predicted molar refractivity (Wildman–Crippen MR) is 93.5 cm³/mol. The fourth-order valence-electron chi connectivity index (χ4n) is 2.68. The molecule has 2 heterocycles. The molecule has 0 unspecified atom stereocenters. The fourth-order valence-corrected chi connectivity index (χ4v) is 3.11. The number of carbonyl (C=O) groups excluding carboxylic acids is 1. The maximum absolute atomic E-state index is 13.0. The van der Waals surface area contributed by atoms with Crippen LogP contribution >= 0.6 is 15.9 Å². The Labute approximate surface area is 153 Å². The first-order valence-corrected chi connectivity index (χ1v) is 8.83. The van der Waals surface area contributed by atoms with Gasteiger partial charge in [0, 0.05) is 18.3 Å². The summed E-state index contributed by atoms with van der Waals surface area (Å²) >= 11 is 3.12. The van der Waals surface area contributed by atoms with E-state index in [4.69, 9.17) is 0 Å². The Bertz CT molecular complexity index is 771. The van der Waals surface area contributed by atoms with Crippen LogP contribution in [-0.2, 0) is 11.3 Å². The molecule has 0 saturated heterocycles. The lowest BCUT2D eigenvalue weighted by Crippen LogP contribution is -2.34. The van der Waals surface area contributed by atoms with Crippen molar-refractivity contribution in [1.82, 2.24) is 24.9 Å². The molecule has 0 saturated carbocycles. The molecule has 1 N–H and O–H groups in total. The zero-order chi connectivity index (χ0) is 18.9. The highest BCUT2D eigenvalue weighted by Crippen LogP contribution is 2.30. The van der Waals surface area contributed by atoms with E-state index in [1.807, 2.05) is 27.0 Å². The molecule has 0 aliphatic heterocycles. The standard InChI is InChI=1S/C16H22BrF2N5O/c1-6-23-7-12(9(3)21-23)8(2)20-16(25)11(5)24-10(4)13(17)14(22-24)15(18)19/h7-8,11,15H,6H2,1-5H3,(H,20,25)/t8-,11-/m0/s1. The molecular formula is C16H22BrF2N5O. The van der Waals surface area contributed by atoms with Crippen LogP contribution in [0, 0.1) is 13.8 Å². The number of amides is 1. The third-order valence-electron chi connectivity index (χ3n) is 4.19. The first-order valence-electron chi connectivity index (χ1n) is 8.04. The van der Waals surface area contributed by atoms with Gasteiger partial charge in [-0.1, -0.05) is 0 Å². The number of aryl methyl sites for hydroxylation is 2. The Kier molecular flexibility index (Phi) is 5.97. The summed E-state index contributed by atoms with van der Waals surface area (Å²) in [6, 6.07) is -0.961. The summed E-state index contributed by atoms with van der Waals surface area (Å²) in [5, 5.41) is 11.2. The molecule has 0 spiro atoms. The van der Waals surface area contributed by atoms with E-state index in [2.05, 4.69) is 31.4 Å². The summed E-state index contributed by atoms with van der Waals surface area (Å²) in [5.41, 5.74) is 1.90. The maximum Gasteiger partial charge on any atom is 0.283 e. The van der Waals surface area contributed by atoms with Gasteiger partial charge in [0.15, 0.2) is 0 Å². The number of carbonyl (C=O) groups is 1. The predicted octanol–water partition coefficient (Wildman–Crippen LogP) is 3.85. The van der Waals surface area contributed by atoms with E-state index in [0.717, 1.165) is 17.8 Å². The summed E-state index contributed by atoms with van der Waals surface area (Å²) in [4.78, 5) is 12.6. The van der Waals surface area contributed by atoms with Crippen molar-refractivity contribution in [3.63, 3.8) is 0 Å². The molecule has 0 aliphatic rings. The molecule has 1 amide bonds. The lowest BCUT2D eigenvalue weighted by molar-refractivity contribution is -0.124. The van der Waals surface area contributed by atoms with Crippen molar-refractivity contribution in [1.29, 1.82) is 0 Å². The van der Waals surface area contributed by atoms with Gasteiger partial charge in [-0.05, 0) is 50.5 Å². The van der Waals surface area contributed by atoms with Crippen LogP contribution in [0.2, 0.25) is 0 Å². The van der Waals surface area contributed by atoms with Crippen LogP contribution in [0.1, 0.15) is 61.9 Å². The Hall–Kier alpha value is -1.77. The number of alkyl halides is 2. The minimum Gasteiger partial charge on any atom is -0.348 e. The lowest BCUT2D eigenvalue weighted by Gasteiger charge is -2.18. The van der Waals surface area contributed by atoms with Gasteiger partial charge in [0.1, 0.15) is 11.7 Å². The molecule has 2 aromatic rings. The van der Waals surface area contributed by atoms with Crippen LogP contribution in [0.25, 0.3) is 0 Å². The molecule has 9 heteroatoms. The zero-order valence-electron chi connectivity index (χ0n) is 14.8. The number of halogens is 3. The average Bonchev–Trinajstić information content (AvgIpc) is 3.07. The highest BCUT2D eigenvalue weighted by Gasteiger charge is 2.26. The number of aromatic nitrogens is 4. The minimum atomic E-state index is -2.70. The number of hydrogen-bond acceptors (Lipinski definition) is 3. The number of nitrogens with zero attached hydrogens (tertiary/aromatic N) is 4. The average molecular weight is 418 g/mol.